The van der Waals surface area contributed by atoms with Crippen molar-refractivity contribution in [2.75, 3.05) is 31.6 Å². The SMILES string of the molecule is COc1ccc(CN2CCN(c3ncc(C(=O)NCCc4ccccc4)s3)C2=O)cc1. The monoisotopic (exact) mass is 436 g/mol. The van der Waals surface area contributed by atoms with Gasteiger partial charge in [0.1, 0.15) is 10.6 Å². The van der Waals surface area contributed by atoms with Crippen LogP contribution in [-0.2, 0) is 13.0 Å². The molecule has 1 fully saturated rings. The van der Waals surface area contributed by atoms with Crippen molar-refractivity contribution in [1.82, 2.24) is 15.2 Å². The van der Waals surface area contributed by atoms with Crippen LogP contribution in [0.2, 0.25) is 0 Å². The van der Waals surface area contributed by atoms with Crippen LogP contribution < -0.4 is 15.0 Å². The molecule has 0 saturated carbocycles. The number of aromatic nitrogens is 1. The molecule has 0 bridgehead atoms. The Hall–Kier alpha value is -3.39. The van der Waals surface area contributed by atoms with E-state index in [1.165, 1.54) is 23.1 Å². The number of amides is 3. The summed E-state index contributed by atoms with van der Waals surface area (Å²) in [6, 6.07) is 17.6. The molecule has 0 unspecified atom stereocenters. The molecule has 1 aromatic heterocycles. The Kier molecular flexibility index (Phi) is 6.47. The van der Waals surface area contributed by atoms with Gasteiger partial charge in [-0.05, 0) is 29.7 Å². The lowest BCUT2D eigenvalue weighted by Crippen LogP contribution is -2.31. The first-order chi connectivity index (χ1) is 15.1. The summed E-state index contributed by atoms with van der Waals surface area (Å²) in [5.74, 6) is 0.622. The first-order valence-corrected chi connectivity index (χ1v) is 10.9. The molecule has 2 heterocycles. The molecule has 8 heteroatoms. The van der Waals surface area contributed by atoms with E-state index in [-0.39, 0.29) is 11.9 Å². The largest absolute Gasteiger partial charge is 0.497 e. The van der Waals surface area contributed by atoms with Crippen molar-refractivity contribution >= 4 is 28.4 Å². The summed E-state index contributed by atoms with van der Waals surface area (Å²) in [6.45, 7) is 2.24. The fraction of sp³-hybridized carbons (Fsp3) is 0.261. The number of urea groups is 1. The minimum absolute atomic E-state index is 0.0961. The Balaban J connectivity index is 1.31. The quantitative estimate of drug-likeness (QED) is 0.586. The van der Waals surface area contributed by atoms with Crippen LogP contribution >= 0.6 is 11.3 Å². The van der Waals surface area contributed by atoms with Gasteiger partial charge in [-0.15, -0.1) is 0 Å². The molecule has 0 atom stereocenters. The molecule has 0 aliphatic carbocycles. The molecule has 4 rings (SSSR count). The first kappa shape index (κ1) is 20.9. The van der Waals surface area contributed by atoms with Gasteiger partial charge in [-0.25, -0.2) is 9.78 Å². The van der Waals surface area contributed by atoms with Crippen LogP contribution in [0, 0.1) is 0 Å². The van der Waals surface area contributed by atoms with Gasteiger partial charge in [0.15, 0.2) is 5.13 Å². The highest BCUT2D eigenvalue weighted by atomic mass is 32.1. The molecule has 1 aliphatic rings. The molecule has 1 aliphatic heterocycles. The van der Waals surface area contributed by atoms with Crippen LogP contribution in [0.3, 0.4) is 0 Å². The number of benzene rings is 2. The van der Waals surface area contributed by atoms with Gasteiger partial charge in [-0.1, -0.05) is 53.8 Å². The smallest absolute Gasteiger partial charge is 0.326 e. The van der Waals surface area contributed by atoms with Gasteiger partial charge in [0.2, 0.25) is 0 Å². The van der Waals surface area contributed by atoms with Gasteiger partial charge in [0.05, 0.1) is 13.3 Å². The van der Waals surface area contributed by atoms with Crippen LogP contribution in [0.25, 0.3) is 0 Å². The van der Waals surface area contributed by atoms with Crippen molar-refractivity contribution in [2.45, 2.75) is 13.0 Å². The van der Waals surface area contributed by atoms with Gasteiger partial charge in [0, 0.05) is 26.2 Å². The maximum Gasteiger partial charge on any atom is 0.326 e. The molecule has 1 saturated heterocycles. The third kappa shape index (κ3) is 5.03. The fourth-order valence-electron chi connectivity index (χ4n) is 3.41. The number of rotatable bonds is 8. The molecule has 7 nitrogen and oxygen atoms in total. The number of thiazole rings is 1. The van der Waals surface area contributed by atoms with Gasteiger partial charge >= 0.3 is 6.03 Å². The van der Waals surface area contributed by atoms with E-state index in [0.717, 1.165) is 17.7 Å². The second-order valence-corrected chi connectivity index (χ2v) is 8.21. The Morgan fingerprint density at radius 3 is 2.61 bits per heavy atom. The van der Waals surface area contributed by atoms with Crippen LogP contribution in [0.5, 0.6) is 5.75 Å². The average molecular weight is 437 g/mol. The average Bonchev–Trinajstić information content (AvgIpc) is 3.42. The number of hydrogen-bond acceptors (Lipinski definition) is 5. The van der Waals surface area contributed by atoms with Gasteiger partial charge in [0.25, 0.3) is 5.91 Å². The molecule has 160 valence electrons. The highest BCUT2D eigenvalue weighted by molar-refractivity contribution is 7.17. The normalized spacial score (nSPS) is 13.5. The van der Waals surface area contributed by atoms with Crippen LogP contribution in [0.1, 0.15) is 20.8 Å². The van der Waals surface area contributed by atoms with Crippen molar-refractivity contribution in [2.24, 2.45) is 0 Å². The number of carbonyl (C=O) groups is 2. The molecule has 0 radical (unpaired) electrons. The molecule has 3 amide bonds. The van der Waals surface area contributed by atoms with E-state index in [1.54, 1.807) is 16.9 Å². The minimum atomic E-state index is -0.165. The highest BCUT2D eigenvalue weighted by Gasteiger charge is 2.31. The zero-order valence-corrected chi connectivity index (χ0v) is 18.1. The summed E-state index contributed by atoms with van der Waals surface area (Å²) < 4.78 is 5.18. The number of nitrogens with zero attached hydrogens (tertiary/aromatic N) is 3. The highest BCUT2D eigenvalue weighted by Crippen LogP contribution is 2.27. The molecular formula is C23H24N4O3S. The third-order valence-electron chi connectivity index (χ3n) is 5.12. The lowest BCUT2D eigenvalue weighted by Gasteiger charge is -2.17. The first-order valence-electron chi connectivity index (χ1n) is 10.1. The van der Waals surface area contributed by atoms with Gasteiger partial charge in [-0.2, -0.15) is 0 Å². The zero-order valence-electron chi connectivity index (χ0n) is 17.3. The Morgan fingerprint density at radius 1 is 1.10 bits per heavy atom. The number of hydrogen-bond donors (Lipinski definition) is 1. The number of nitrogens with one attached hydrogen (secondary N) is 1. The Labute approximate surface area is 185 Å². The molecule has 3 aromatic rings. The number of ether oxygens (including phenoxy) is 1. The van der Waals surface area contributed by atoms with Crippen molar-refractivity contribution in [3.63, 3.8) is 0 Å². The number of anilines is 1. The topological polar surface area (TPSA) is 74.8 Å². The lowest BCUT2D eigenvalue weighted by molar-refractivity contribution is 0.0958. The van der Waals surface area contributed by atoms with E-state index in [4.69, 9.17) is 4.74 Å². The third-order valence-corrected chi connectivity index (χ3v) is 6.14. The molecule has 2 aromatic carbocycles. The minimum Gasteiger partial charge on any atom is -0.497 e. The van der Waals surface area contributed by atoms with Crippen LogP contribution in [-0.4, -0.2) is 48.6 Å². The lowest BCUT2D eigenvalue weighted by atomic mass is 10.1. The predicted molar refractivity (Wildman–Crippen MR) is 121 cm³/mol. The van der Waals surface area contributed by atoms with E-state index in [9.17, 15) is 9.59 Å². The van der Waals surface area contributed by atoms with E-state index >= 15 is 0 Å². The van der Waals surface area contributed by atoms with Crippen LogP contribution in [0.15, 0.2) is 60.8 Å². The van der Waals surface area contributed by atoms with E-state index < -0.39 is 0 Å². The van der Waals surface area contributed by atoms with Crippen molar-refractivity contribution in [3.8, 4) is 5.75 Å². The fourth-order valence-corrected chi connectivity index (χ4v) is 4.26. The molecule has 1 N–H and O–H groups in total. The van der Waals surface area contributed by atoms with E-state index in [2.05, 4.69) is 10.3 Å². The van der Waals surface area contributed by atoms with Gasteiger partial charge in [-0.3, -0.25) is 9.69 Å². The van der Waals surface area contributed by atoms with E-state index in [0.29, 0.717) is 36.2 Å². The van der Waals surface area contributed by atoms with E-state index in [1.807, 2.05) is 54.6 Å². The number of carbonyl (C=O) groups excluding carboxylic acids is 2. The van der Waals surface area contributed by atoms with Crippen molar-refractivity contribution in [3.05, 3.63) is 76.8 Å². The van der Waals surface area contributed by atoms with Crippen LogP contribution in [0.4, 0.5) is 9.93 Å². The Bertz CT molecular complexity index is 1040. The molecular weight excluding hydrogens is 412 g/mol. The zero-order chi connectivity index (χ0) is 21.6. The predicted octanol–water partition coefficient (Wildman–Crippen LogP) is 3.57. The second-order valence-electron chi connectivity index (χ2n) is 7.20. The summed E-state index contributed by atoms with van der Waals surface area (Å²) in [4.78, 5) is 33.5. The molecule has 31 heavy (non-hydrogen) atoms. The van der Waals surface area contributed by atoms with Crippen molar-refractivity contribution in [1.29, 1.82) is 0 Å². The summed E-state index contributed by atoms with van der Waals surface area (Å²) in [5.41, 5.74) is 2.21. The standard InChI is InChI=1S/C23H24N4O3S/c1-30-19-9-7-18(8-10-19)16-26-13-14-27(23(26)29)22-25-15-20(31-22)21(28)24-12-11-17-5-3-2-4-6-17/h2-10,15H,11-14,16H2,1H3,(H,24,28). The summed E-state index contributed by atoms with van der Waals surface area (Å²) in [6.07, 6.45) is 2.31. The van der Waals surface area contributed by atoms with Gasteiger partial charge < -0.3 is 15.0 Å². The molecule has 0 spiro atoms. The second kappa shape index (κ2) is 9.61. The maximum atomic E-state index is 12.8. The summed E-state index contributed by atoms with van der Waals surface area (Å²) >= 11 is 1.24. The Morgan fingerprint density at radius 2 is 1.87 bits per heavy atom. The summed E-state index contributed by atoms with van der Waals surface area (Å²) in [5, 5.41) is 3.47. The summed E-state index contributed by atoms with van der Waals surface area (Å²) in [7, 11) is 1.63. The maximum absolute atomic E-state index is 12.8. The number of methoxy groups -OCH3 is 1. The van der Waals surface area contributed by atoms with Crippen molar-refractivity contribution < 1.29 is 14.3 Å².